The molecule has 2 aromatic carbocycles. The number of unbranched alkanes of at least 4 members (excludes halogenated alkanes) is 1. The van der Waals surface area contributed by atoms with Crippen molar-refractivity contribution in [3.63, 3.8) is 0 Å². The van der Waals surface area contributed by atoms with Crippen molar-refractivity contribution in [2.24, 2.45) is 5.41 Å². The zero-order valence-electron chi connectivity index (χ0n) is 19.3. The van der Waals surface area contributed by atoms with Gasteiger partial charge in [-0.05, 0) is 29.4 Å². The maximum Gasteiger partial charge on any atom is 0.244 e. The summed E-state index contributed by atoms with van der Waals surface area (Å²) in [6.07, 6.45) is 2.78. The summed E-state index contributed by atoms with van der Waals surface area (Å²) in [5, 5.41) is 14.9. The topological polar surface area (TPSA) is 52.6 Å². The van der Waals surface area contributed by atoms with E-state index in [1.165, 1.54) is 0 Å². The summed E-state index contributed by atoms with van der Waals surface area (Å²) in [6, 6.07) is 19.7. The fourth-order valence-electron chi connectivity index (χ4n) is 4.36. The summed E-state index contributed by atoms with van der Waals surface area (Å²) < 4.78 is 0. The molecular formula is C27H37N2O2. The van der Waals surface area contributed by atoms with Crippen LogP contribution >= 0.6 is 0 Å². The summed E-state index contributed by atoms with van der Waals surface area (Å²) in [4.78, 5) is 15.4. The Bertz CT molecular complexity index is 816. The average molecular weight is 422 g/mol. The van der Waals surface area contributed by atoms with Gasteiger partial charge in [-0.15, -0.1) is 0 Å². The molecule has 167 valence electrons. The zero-order chi connectivity index (χ0) is 22.4. The normalized spacial score (nSPS) is 20.5. The SMILES string of the molecule is CCCCC1N[C@@H]([C@H](O)[C](Cc2ccccc2)C(C)(C)C)C(=O)N1Cc1ccccc1. The Morgan fingerprint density at radius 2 is 1.61 bits per heavy atom. The summed E-state index contributed by atoms with van der Waals surface area (Å²) in [5.74, 6) is 0.979. The molecule has 3 rings (SSSR count). The number of nitrogens with zero attached hydrogens (tertiary/aromatic N) is 1. The molecule has 2 N–H and O–H groups in total. The minimum Gasteiger partial charge on any atom is -0.390 e. The van der Waals surface area contributed by atoms with Crippen molar-refractivity contribution in [3.05, 3.63) is 77.7 Å². The van der Waals surface area contributed by atoms with Gasteiger partial charge in [0.2, 0.25) is 5.91 Å². The maximum atomic E-state index is 13.5. The molecule has 1 aliphatic heterocycles. The quantitative estimate of drug-likeness (QED) is 0.616. The predicted molar refractivity (Wildman–Crippen MR) is 126 cm³/mol. The Balaban J connectivity index is 1.82. The zero-order valence-corrected chi connectivity index (χ0v) is 19.3. The second-order valence-corrected chi connectivity index (χ2v) is 9.64. The summed E-state index contributed by atoms with van der Waals surface area (Å²) >= 11 is 0. The molecule has 0 aromatic heterocycles. The van der Waals surface area contributed by atoms with Crippen molar-refractivity contribution in [3.8, 4) is 0 Å². The number of rotatable bonds is 9. The second kappa shape index (κ2) is 10.4. The highest BCUT2D eigenvalue weighted by Crippen LogP contribution is 2.37. The van der Waals surface area contributed by atoms with Gasteiger partial charge < -0.3 is 10.0 Å². The molecule has 1 saturated heterocycles. The van der Waals surface area contributed by atoms with E-state index in [4.69, 9.17) is 0 Å². The highest BCUT2D eigenvalue weighted by molar-refractivity contribution is 5.85. The van der Waals surface area contributed by atoms with E-state index in [0.717, 1.165) is 36.3 Å². The van der Waals surface area contributed by atoms with Crippen LogP contribution < -0.4 is 5.32 Å². The molecule has 2 aromatic rings. The lowest BCUT2D eigenvalue weighted by atomic mass is 9.72. The third-order valence-corrected chi connectivity index (χ3v) is 6.20. The van der Waals surface area contributed by atoms with Crippen LogP contribution in [0, 0.1) is 11.3 Å². The largest absolute Gasteiger partial charge is 0.390 e. The van der Waals surface area contributed by atoms with Crippen LogP contribution in [0.4, 0.5) is 0 Å². The van der Waals surface area contributed by atoms with Crippen LogP contribution in [0.5, 0.6) is 0 Å². The van der Waals surface area contributed by atoms with E-state index in [-0.39, 0.29) is 17.5 Å². The predicted octanol–water partition coefficient (Wildman–Crippen LogP) is 4.73. The van der Waals surface area contributed by atoms with Crippen molar-refractivity contribution in [2.75, 3.05) is 0 Å². The van der Waals surface area contributed by atoms with Crippen LogP contribution in [-0.4, -0.2) is 34.2 Å². The van der Waals surface area contributed by atoms with Crippen LogP contribution in [0.1, 0.15) is 58.1 Å². The highest BCUT2D eigenvalue weighted by atomic mass is 16.3. The van der Waals surface area contributed by atoms with E-state index in [9.17, 15) is 9.90 Å². The average Bonchev–Trinajstić information content (AvgIpc) is 3.06. The van der Waals surface area contributed by atoms with Crippen molar-refractivity contribution in [1.82, 2.24) is 10.2 Å². The number of nitrogens with one attached hydrogen (secondary N) is 1. The minimum absolute atomic E-state index is 0.00716. The van der Waals surface area contributed by atoms with Gasteiger partial charge in [0.1, 0.15) is 6.04 Å². The molecule has 1 heterocycles. The van der Waals surface area contributed by atoms with Gasteiger partial charge in [0.05, 0.1) is 12.3 Å². The lowest BCUT2D eigenvalue weighted by Gasteiger charge is -2.36. The highest BCUT2D eigenvalue weighted by Gasteiger charge is 2.46. The van der Waals surface area contributed by atoms with Crippen LogP contribution in [-0.2, 0) is 17.8 Å². The second-order valence-electron chi connectivity index (χ2n) is 9.64. The van der Waals surface area contributed by atoms with Crippen molar-refractivity contribution in [1.29, 1.82) is 0 Å². The molecule has 0 bridgehead atoms. The van der Waals surface area contributed by atoms with E-state index in [1.807, 2.05) is 41.3 Å². The van der Waals surface area contributed by atoms with Crippen LogP contribution in [0.3, 0.4) is 0 Å². The van der Waals surface area contributed by atoms with E-state index in [2.05, 4.69) is 57.3 Å². The standard InChI is InChI=1S/C27H37N2O2/c1-5-6-17-23-28-24(26(31)29(23)19-21-15-11-8-12-16-21)25(30)22(27(2,3)4)18-20-13-9-7-10-14-20/h7-16,23-25,28,30H,5-6,17-19H2,1-4H3/t23?,24-,25+/m0/s1. The minimum atomic E-state index is -0.836. The monoisotopic (exact) mass is 421 g/mol. The number of aliphatic hydroxyl groups is 1. The van der Waals surface area contributed by atoms with E-state index in [0.29, 0.717) is 13.0 Å². The number of hydrogen-bond acceptors (Lipinski definition) is 3. The summed E-state index contributed by atoms with van der Waals surface area (Å²) in [6.45, 7) is 9.07. The Kier molecular flexibility index (Phi) is 7.90. The van der Waals surface area contributed by atoms with Gasteiger partial charge in [-0.2, -0.15) is 0 Å². The first-order valence-corrected chi connectivity index (χ1v) is 11.5. The molecule has 31 heavy (non-hydrogen) atoms. The molecular weight excluding hydrogens is 384 g/mol. The van der Waals surface area contributed by atoms with Gasteiger partial charge in [-0.25, -0.2) is 0 Å². The van der Waals surface area contributed by atoms with Crippen molar-refractivity contribution in [2.45, 2.75) is 78.2 Å². The van der Waals surface area contributed by atoms with Crippen molar-refractivity contribution < 1.29 is 9.90 Å². The number of aliphatic hydroxyl groups excluding tert-OH is 1. The summed E-state index contributed by atoms with van der Waals surface area (Å²) in [5.41, 5.74) is 2.04. The third-order valence-electron chi connectivity index (χ3n) is 6.20. The molecule has 1 fully saturated rings. The first kappa shape index (κ1) is 23.5. The van der Waals surface area contributed by atoms with Gasteiger partial charge in [-0.3, -0.25) is 10.1 Å². The van der Waals surface area contributed by atoms with E-state index >= 15 is 0 Å². The number of benzene rings is 2. The maximum absolute atomic E-state index is 13.5. The number of hydrogen-bond donors (Lipinski definition) is 2. The molecule has 4 heteroatoms. The van der Waals surface area contributed by atoms with Crippen LogP contribution in [0.15, 0.2) is 60.7 Å². The summed E-state index contributed by atoms with van der Waals surface area (Å²) in [7, 11) is 0. The lowest BCUT2D eigenvalue weighted by Crippen LogP contribution is -2.48. The first-order chi connectivity index (χ1) is 14.8. The number of amides is 1. The van der Waals surface area contributed by atoms with Crippen LogP contribution in [0.25, 0.3) is 0 Å². The molecule has 1 unspecified atom stereocenters. The fraction of sp³-hybridized carbons (Fsp3) is 0.481. The lowest BCUT2D eigenvalue weighted by molar-refractivity contribution is -0.132. The molecule has 1 radical (unpaired) electrons. The Labute approximate surface area is 187 Å². The molecule has 0 aliphatic carbocycles. The Hall–Kier alpha value is -2.17. The van der Waals surface area contributed by atoms with Crippen molar-refractivity contribution >= 4 is 5.91 Å². The Morgan fingerprint density at radius 1 is 1.03 bits per heavy atom. The number of carbonyl (C=O) groups is 1. The van der Waals surface area contributed by atoms with Gasteiger partial charge in [0.15, 0.2) is 0 Å². The van der Waals surface area contributed by atoms with Gasteiger partial charge in [0, 0.05) is 12.5 Å². The number of carbonyl (C=O) groups excluding carboxylic acids is 1. The Morgan fingerprint density at radius 3 is 2.16 bits per heavy atom. The van der Waals surface area contributed by atoms with E-state index in [1.54, 1.807) is 0 Å². The molecule has 0 saturated carbocycles. The third kappa shape index (κ3) is 5.96. The molecule has 0 spiro atoms. The van der Waals surface area contributed by atoms with Gasteiger partial charge in [0.25, 0.3) is 0 Å². The van der Waals surface area contributed by atoms with Gasteiger partial charge in [-0.1, -0.05) is 101 Å². The van der Waals surface area contributed by atoms with Gasteiger partial charge >= 0.3 is 0 Å². The smallest absolute Gasteiger partial charge is 0.244 e. The fourth-order valence-corrected chi connectivity index (χ4v) is 4.36. The molecule has 1 aliphatic rings. The molecule has 3 atom stereocenters. The first-order valence-electron chi connectivity index (χ1n) is 11.5. The van der Waals surface area contributed by atoms with Crippen LogP contribution in [0.2, 0.25) is 0 Å². The van der Waals surface area contributed by atoms with E-state index < -0.39 is 12.1 Å². The molecule has 1 amide bonds. The molecule has 4 nitrogen and oxygen atoms in total.